The summed E-state index contributed by atoms with van der Waals surface area (Å²) in [5.41, 5.74) is -2.51. The van der Waals surface area contributed by atoms with Crippen LogP contribution in [-0.2, 0) is 21.5 Å². The summed E-state index contributed by atoms with van der Waals surface area (Å²) < 4.78 is 17.1. The summed E-state index contributed by atoms with van der Waals surface area (Å²) in [6, 6.07) is 1.42. The number of aliphatic hydroxyl groups is 3. The van der Waals surface area contributed by atoms with Gasteiger partial charge in [0.05, 0.1) is 34.9 Å². The average Bonchev–Trinajstić information content (AvgIpc) is 2.89. The number of rotatable bonds is 5. The van der Waals surface area contributed by atoms with Gasteiger partial charge in [-0.1, -0.05) is 0 Å². The fourth-order valence-electron chi connectivity index (χ4n) is 7.14. The fourth-order valence-corrected chi connectivity index (χ4v) is 7.14. The van der Waals surface area contributed by atoms with Crippen molar-refractivity contribution < 1.29 is 49.3 Å². The molecule has 1 saturated heterocycles. The molecule has 7 atom stereocenters. The lowest BCUT2D eigenvalue weighted by atomic mass is 9.72. The lowest BCUT2D eigenvalue weighted by molar-refractivity contribution is -0.311. The molecule has 0 unspecified atom stereocenters. The van der Waals surface area contributed by atoms with Crippen molar-refractivity contribution in [2.24, 2.45) is 0 Å². The maximum atomic E-state index is 14.2. The first-order chi connectivity index (χ1) is 19.7. The van der Waals surface area contributed by atoms with Gasteiger partial charge in [-0.25, -0.2) is 0 Å². The summed E-state index contributed by atoms with van der Waals surface area (Å²) in [5, 5.41) is 59.3. The van der Waals surface area contributed by atoms with Crippen LogP contribution in [0.3, 0.4) is 0 Å². The number of benzene rings is 2. The molecule has 2 aromatic carbocycles. The van der Waals surface area contributed by atoms with Crippen LogP contribution in [0.15, 0.2) is 12.1 Å². The Balaban J connectivity index is 1.53. The van der Waals surface area contributed by atoms with Gasteiger partial charge < -0.3 is 50.0 Å². The molecule has 0 saturated carbocycles. The minimum atomic E-state index is -1.50. The number of hydrogen-bond acceptors (Lipinski definition) is 12. The van der Waals surface area contributed by atoms with Gasteiger partial charge in [0.1, 0.15) is 35.1 Å². The van der Waals surface area contributed by atoms with Crippen molar-refractivity contribution in [1.82, 2.24) is 10.2 Å². The Morgan fingerprint density at radius 2 is 1.81 bits per heavy atom. The molecule has 4 aliphatic rings. The number of methoxy groups -OCH3 is 1. The van der Waals surface area contributed by atoms with Gasteiger partial charge in [0.15, 0.2) is 5.78 Å². The van der Waals surface area contributed by atoms with Crippen LogP contribution in [0.25, 0.3) is 0 Å². The molecule has 226 valence electrons. The van der Waals surface area contributed by atoms with Crippen LogP contribution in [0.2, 0.25) is 0 Å². The van der Waals surface area contributed by atoms with Gasteiger partial charge in [0.2, 0.25) is 12.1 Å². The summed E-state index contributed by atoms with van der Waals surface area (Å²) in [6.07, 6.45) is -3.49. The Hall–Kier alpha value is -3.10. The third-order valence-electron chi connectivity index (χ3n) is 9.11. The molecular formula is C30H36N2O10. The number of nitrogens with zero attached hydrogens (tertiary/aromatic N) is 1. The number of aliphatic hydroxyl groups excluding tert-OH is 2. The molecule has 42 heavy (non-hydrogen) atoms. The molecule has 1 fully saturated rings. The number of phenols is 2. The van der Waals surface area contributed by atoms with Gasteiger partial charge >= 0.3 is 0 Å². The minimum Gasteiger partial charge on any atom is -0.507 e. The lowest BCUT2D eigenvalue weighted by Gasteiger charge is -2.53. The van der Waals surface area contributed by atoms with Crippen molar-refractivity contribution in [3.63, 3.8) is 0 Å². The molecule has 12 nitrogen and oxygen atoms in total. The number of fused-ring (bicyclic) bond motifs is 8. The first-order valence-corrected chi connectivity index (χ1v) is 13.9. The van der Waals surface area contributed by atoms with E-state index in [-0.39, 0.29) is 52.2 Å². The van der Waals surface area contributed by atoms with Gasteiger partial charge in [0.25, 0.3) is 0 Å². The zero-order valence-electron chi connectivity index (χ0n) is 24.1. The van der Waals surface area contributed by atoms with E-state index in [1.165, 1.54) is 12.1 Å². The largest absolute Gasteiger partial charge is 0.507 e. The van der Waals surface area contributed by atoms with Gasteiger partial charge in [-0.2, -0.15) is 0 Å². The standard InChI is InChI=1S/C30H36N2O10/c1-29(39)10-12-8-13-18(23(35)17(12)15(11-29)31-6-7-40-5)24(36)19-16(33)9-14-26(20(19)22(13)34)41-28-25(37)21(32(3)4)27(38)30(14,2)42-28/h8-9,15,21,25,27-28,31,33,35,37-39H,6-7,10-11H2,1-5H3/t15-,21-,25-,27+,28+,29+,30+/m1/s1. The second kappa shape index (κ2) is 9.71. The van der Waals surface area contributed by atoms with Crippen LogP contribution >= 0.6 is 0 Å². The SMILES string of the molecule is COCCN[C@@H]1C[C@@](C)(O)Cc2cc3c(c(O)c21)C(=O)c1c(O)cc2c(c1C3=O)O[C@H]1O[C@]2(C)[C@@H](O)[C@H](N(C)C)[C@H]1O. The molecule has 2 heterocycles. The zero-order valence-corrected chi connectivity index (χ0v) is 24.1. The zero-order chi connectivity index (χ0) is 30.5. The summed E-state index contributed by atoms with van der Waals surface area (Å²) in [6.45, 7) is 4.04. The van der Waals surface area contributed by atoms with Crippen LogP contribution in [-0.4, -0.2) is 106 Å². The molecule has 0 radical (unpaired) electrons. The highest BCUT2D eigenvalue weighted by atomic mass is 16.7. The number of ether oxygens (including phenoxy) is 3. The Kier molecular flexibility index (Phi) is 6.70. The van der Waals surface area contributed by atoms with Crippen LogP contribution in [0.4, 0.5) is 0 Å². The van der Waals surface area contributed by atoms with Gasteiger partial charge in [-0.15, -0.1) is 0 Å². The molecule has 2 aromatic rings. The van der Waals surface area contributed by atoms with Gasteiger partial charge in [-0.05, 0) is 52.1 Å². The molecule has 2 aliphatic carbocycles. The van der Waals surface area contributed by atoms with Crippen molar-refractivity contribution in [1.29, 1.82) is 0 Å². The smallest absolute Gasteiger partial charge is 0.228 e. The molecule has 6 rings (SSSR count). The second-order valence-corrected chi connectivity index (χ2v) is 12.4. The topological polar surface area (TPSA) is 178 Å². The predicted molar refractivity (Wildman–Crippen MR) is 147 cm³/mol. The highest BCUT2D eigenvalue weighted by Gasteiger charge is 2.59. The molecule has 2 aliphatic heterocycles. The second-order valence-electron chi connectivity index (χ2n) is 12.4. The van der Waals surface area contributed by atoms with Gasteiger partial charge in [0, 0.05) is 42.8 Å². The molecule has 6 N–H and O–H groups in total. The monoisotopic (exact) mass is 584 g/mol. The summed E-state index contributed by atoms with van der Waals surface area (Å²) in [4.78, 5) is 29.8. The maximum absolute atomic E-state index is 14.2. The molecule has 12 heteroatoms. The maximum Gasteiger partial charge on any atom is 0.228 e. The number of hydrogen-bond donors (Lipinski definition) is 6. The van der Waals surface area contributed by atoms with Crippen molar-refractivity contribution in [3.05, 3.63) is 51.1 Å². The van der Waals surface area contributed by atoms with E-state index in [1.54, 1.807) is 40.0 Å². The Labute approximate surface area is 242 Å². The first kappa shape index (κ1) is 29.0. The molecule has 2 bridgehead atoms. The summed E-state index contributed by atoms with van der Waals surface area (Å²) >= 11 is 0. The van der Waals surface area contributed by atoms with Crippen molar-refractivity contribution in [2.75, 3.05) is 34.4 Å². The molecule has 0 aromatic heterocycles. The Bertz CT molecular complexity index is 1500. The first-order valence-electron chi connectivity index (χ1n) is 13.9. The number of carbonyl (C=O) groups excluding carboxylic acids is 2. The Morgan fingerprint density at radius 1 is 1.10 bits per heavy atom. The van der Waals surface area contributed by atoms with E-state index in [1.807, 2.05) is 0 Å². The fraction of sp³-hybridized carbons (Fsp3) is 0.533. The number of phenolic OH excluding ortho intramolecular Hbond substituents is 2. The van der Waals surface area contributed by atoms with E-state index in [9.17, 15) is 35.1 Å². The van der Waals surface area contributed by atoms with E-state index in [0.29, 0.717) is 24.3 Å². The van der Waals surface area contributed by atoms with E-state index >= 15 is 0 Å². The van der Waals surface area contributed by atoms with Crippen molar-refractivity contribution in [2.45, 2.75) is 68.5 Å². The Morgan fingerprint density at radius 3 is 2.48 bits per heavy atom. The van der Waals surface area contributed by atoms with E-state index in [4.69, 9.17) is 14.2 Å². The summed E-state index contributed by atoms with van der Waals surface area (Å²) in [7, 11) is 4.93. The number of nitrogens with one attached hydrogen (secondary N) is 1. The van der Waals surface area contributed by atoms with E-state index < -0.39 is 59.1 Å². The van der Waals surface area contributed by atoms with Crippen LogP contribution in [0, 0.1) is 0 Å². The van der Waals surface area contributed by atoms with Crippen molar-refractivity contribution >= 4 is 11.6 Å². The summed E-state index contributed by atoms with van der Waals surface area (Å²) in [5.74, 6) is -2.46. The predicted octanol–water partition coefficient (Wildman–Crippen LogP) is 0.463. The molecule has 0 amide bonds. The molecule has 0 spiro atoms. The van der Waals surface area contributed by atoms with E-state index in [0.717, 1.165) is 0 Å². The number of aromatic hydroxyl groups is 2. The third kappa shape index (κ3) is 4.01. The van der Waals surface area contributed by atoms with Gasteiger partial charge in [-0.3, -0.25) is 9.59 Å². The lowest BCUT2D eigenvalue weighted by Crippen LogP contribution is -2.68. The molecular weight excluding hydrogens is 548 g/mol. The number of ketones is 2. The van der Waals surface area contributed by atoms with Crippen molar-refractivity contribution in [3.8, 4) is 17.2 Å². The number of carbonyl (C=O) groups is 2. The normalized spacial score (nSPS) is 33.0. The van der Waals surface area contributed by atoms with E-state index in [2.05, 4.69) is 5.32 Å². The highest BCUT2D eigenvalue weighted by molar-refractivity contribution is 6.31. The van der Waals surface area contributed by atoms with Crippen LogP contribution in [0.5, 0.6) is 17.2 Å². The quantitative estimate of drug-likeness (QED) is 0.229. The average molecular weight is 585 g/mol. The number of likely N-dealkylation sites (N-methyl/N-ethyl adjacent to an activating group) is 1. The third-order valence-corrected chi connectivity index (χ3v) is 9.11. The highest BCUT2D eigenvalue weighted by Crippen LogP contribution is 2.54. The van der Waals surface area contributed by atoms with Crippen LogP contribution in [0.1, 0.15) is 74.8 Å². The van der Waals surface area contributed by atoms with Crippen LogP contribution < -0.4 is 10.1 Å². The minimum absolute atomic E-state index is 0.0795.